The van der Waals surface area contributed by atoms with Crippen LogP contribution in [0.5, 0.6) is 5.75 Å². The first kappa shape index (κ1) is 19.2. The number of carbonyl (C=O) groups excluding carboxylic acids is 1. The Morgan fingerprint density at radius 3 is 2.31 bits per heavy atom. The number of nitrogens with one attached hydrogen (secondary N) is 1. The Morgan fingerprint density at radius 2 is 1.66 bits per heavy atom. The third kappa shape index (κ3) is 4.00. The van der Waals surface area contributed by atoms with Crippen molar-refractivity contribution in [3.63, 3.8) is 0 Å². The number of amides is 1. The van der Waals surface area contributed by atoms with Crippen LogP contribution in [-0.4, -0.2) is 18.7 Å². The summed E-state index contributed by atoms with van der Waals surface area (Å²) < 4.78 is 6.36. The van der Waals surface area contributed by atoms with E-state index in [0.29, 0.717) is 17.9 Å². The minimum absolute atomic E-state index is 0.324. The van der Waals surface area contributed by atoms with Crippen LogP contribution < -0.4 is 10.2 Å². The van der Waals surface area contributed by atoms with Crippen molar-refractivity contribution in [2.24, 2.45) is 5.10 Å². The fourth-order valence-electron chi connectivity index (χ4n) is 3.36. The normalized spacial score (nSPS) is 11.2. The monoisotopic (exact) mass is 446 g/mol. The van der Waals surface area contributed by atoms with E-state index in [4.69, 9.17) is 4.74 Å². The van der Waals surface area contributed by atoms with Crippen molar-refractivity contribution in [3.05, 3.63) is 88.4 Å². The molecule has 0 spiro atoms. The average molecular weight is 447 g/mol. The summed E-state index contributed by atoms with van der Waals surface area (Å²) in [6.45, 7) is 2.36. The summed E-state index contributed by atoms with van der Waals surface area (Å²) in [6, 6.07) is 23.8. The number of hydrazone groups is 1. The number of ether oxygens (including phenoxy) is 1. The van der Waals surface area contributed by atoms with E-state index in [1.807, 2.05) is 37.3 Å². The molecule has 0 heterocycles. The van der Waals surface area contributed by atoms with E-state index < -0.39 is 0 Å². The molecule has 0 saturated carbocycles. The van der Waals surface area contributed by atoms with E-state index >= 15 is 0 Å². The summed E-state index contributed by atoms with van der Waals surface area (Å²) in [7, 11) is 0. The Morgan fingerprint density at radius 1 is 1.00 bits per heavy atom. The van der Waals surface area contributed by atoms with Crippen molar-refractivity contribution >= 4 is 49.6 Å². The smallest absolute Gasteiger partial charge is 0.275 e. The van der Waals surface area contributed by atoms with Crippen LogP contribution in [0.4, 0.5) is 0 Å². The van der Waals surface area contributed by atoms with E-state index in [0.717, 1.165) is 31.6 Å². The second-order valence-corrected chi connectivity index (χ2v) is 7.42. The lowest BCUT2D eigenvalue weighted by molar-refractivity contribution is 0.0951. The highest BCUT2D eigenvalue weighted by Gasteiger charge is 2.13. The maximum Gasteiger partial charge on any atom is 0.275 e. The Bertz CT molecular complexity index is 1180. The molecule has 4 rings (SSSR count). The van der Waals surface area contributed by atoms with Crippen LogP contribution in [0.15, 0.2) is 82.4 Å². The maximum absolute atomic E-state index is 12.7. The molecule has 4 aromatic rings. The van der Waals surface area contributed by atoms with Crippen LogP contribution in [0.3, 0.4) is 0 Å². The standard InChI is InChI=1S/C24H19BrN2O2/c1-2-29-23-12-11-18(25)14-21(23)24(28)27-26-15-22-19-9-5-3-7-16(19)13-17-8-4-6-10-20(17)22/h3-15H,2H2,1H3,(H,27,28). The molecule has 5 heteroatoms. The minimum Gasteiger partial charge on any atom is -0.493 e. The number of benzene rings is 4. The molecule has 0 aliphatic heterocycles. The van der Waals surface area contributed by atoms with Gasteiger partial charge in [0.15, 0.2) is 0 Å². The zero-order valence-corrected chi connectivity index (χ0v) is 17.4. The van der Waals surface area contributed by atoms with Crippen molar-refractivity contribution in [2.75, 3.05) is 6.61 Å². The average Bonchev–Trinajstić information content (AvgIpc) is 2.74. The molecule has 1 amide bonds. The molecule has 0 aliphatic carbocycles. The van der Waals surface area contributed by atoms with Gasteiger partial charge in [0.25, 0.3) is 5.91 Å². The van der Waals surface area contributed by atoms with E-state index in [1.165, 1.54) is 0 Å². The van der Waals surface area contributed by atoms with Crippen LogP contribution in [-0.2, 0) is 0 Å². The fraction of sp³-hybridized carbons (Fsp3) is 0.0833. The quantitative estimate of drug-likeness (QED) is 0.235. The number of nitrogens with zero attached hydrogens (tertiary/aromatic N) is 1. The SMILES string of the molecule is CCOc1ccc(Br)cc1C(=O)NN=Cc1c2ccccc2cc2ccccc12. The number of hydrogen-bond donors (Lipinski definition) is 1. The van der Waals surface area contributed by atoms with E-state index in [9.17, 15) is 4.79 Å². The molecular weight excluding hydrogens is 428 g/mol. The molecule has 0 bridgehead atoms. The Balaban J connectivity index is 1.69. The van der Waals surface area contributed by atoms with Gasteiger partial charge in [-0.15, -0.1) is 0 Å². The molecular formula is C24H19BrN2O2. The highest BCUT2D eigenvalue weighted by atomic mass is 79.9. The zero-order valence-electron chi connectivity index (χ0n) is 15.9. The van der Waals surface area contributed by atoms with Gasteiger partial charge in [0, 0.05) is 10.0 Å². The summed E-state index contributed by atoms with van der Waals surface area (Å²) in [5.74, 6) is 0.203. The topological polar surface area (TPSA) is 50.7 Å². The Labute approximate surface area is 177 Å². The van der Waals surface area contributed by atoms with Crippen LogP contribution in [0.25, 0.3) is 21.5 Å². The Hall–Kier alpha value is -3.18. The number of halogens is 1. The van der Waals surface area contributed by atoms with Gasteiger partial charge in [-0.2, -0.15) is 5.10 Å². The van der Waals surface area contributed by atoms with Crippen molar-refractivity contribution < 1.29 is 9.53 Å². The third-order valence-corrected chi connectivity index (χ3v) is 5.15. The van der Waals surface area contributed by atoms with Gasteiger partial charge in [-0.1, -0.05) is 64.5 Å². The van der Waals surface area contributed by atoms with Crippen LogP contribution >= 0.6 is 15.9 Å². The molecule has 0 unspecified atom stereocenters. The third-order valence-electron chi connectivity index (χ3n) is 4.66. The lowest BCUT2D eigenvalue weighted by Gasteiger charge is -2.10. The van der Waals surface area contributed by atoms with Gasteiger partial charge in [-0.25, -0.2) is 5.43 Å². The fourth-order valence-corrected chi connectivity index (χ4v) is 3.73. The molecule has 4 nitrogen and oxygen atoms in total. The lowest BCUT2D eigenvalue weighted by atomic mass is 9.97. The first-order chi connectivity index (χ1) is 14.2. The van der Waals surface area contributed by atoms with Gasteiger partial charge in [-0.3, -0.25) is 4.79 Å². The van der Waals surface area contributed by atoms with Crippen LogP contribution in [0.1, 0.15) is 22.8 Å². The molecule has 0 radical (unpaired) electrons. The molecule has 0 aromatic heterocycles. The molecule has 0 atom stereocenters. The van der Waals surface area contributed by atoms with Crippen molar-refractivity contribution in [3.8, 4) is 5.75 Å². The van der Waals surface area contributed by atoms with E-state index in [-0.39, 0.29) is 5.91 Å². The predicted octanol–water partition coefficient (Wildman–Crippen LogP) is 5.92. The lowest BCUT2D eigenvalue weighted by Crippen LogP contribution is -2.19. The number of rotatable bonds is 5. The number of hydrogen-bond acceptors (Lipinski definition) is 3. The summed E-state index contributed by atoms with van der Waals surface area (Å²) in [6.07, 6.45) is 1.71. The van der Waals surface area contributed by atoms with Gasteiger partial charge in [-0.05, 0) is 52.7 Å². The molecule has 4 aromatic carbocycles. The van der Waals surface area contributed by atoms with Gasteiger partial charge >= 0.3 is 0 Å². The van der Waals surface area contributed by atoms with Crippen LogP contribution in [0, 0.1) is 0 Å². The first-order valence-corrected chi connectivity index (χ1v) is 10.1. The molecule has 0 aliphatic rings. The molecule has 29 heavy (non-hydrogen) atoms. The zero-order chi connectivity index (χ0) is 20.2. The highest BCUT2D eigenvalue weighted by Crippen LogP contribution is 2.27. The largest absolute Gasteiger partial charge is 0.493 e. The first-order valence-electron chi connectivity index (χ1n) is 9.33. The molecule has 0 fully saturated rings. The van der Waals surface area contributed by atoms with Crippen molar-refractivity contribution in [1.29, 1.82) is 0 Å². The van der Waals surface area contributed by atoms with E-state index in [2.05, 4.69) is 56.8 Å². The van der Waals surface area contributed by atoms with Gasteiger partial charge in [0.05, 0.1) is 18.4 Å². The predicted molar refractivity (Wildman–Crippen MR) is 122 cm³/mol. The second kappa shape index (κ2) is 8.45. The van der Waals surface area contributed by atoms with Crippen molar-refractivity contribution in [1.82, 2.24) is 5.43 Å². The maximum atomic E-state index is 12.7. The van der Waals surface area contributed by atoms with Crippen LogP contribution in [0.2, 0.25) is 0 Å². The van der Waals surface area contributed by atoms with Crippen molar-refractivity contribution in [2.45, 2.75) is 6.92 Å². The van der Waals surface area contributed by atoms with Gasteiger partial charge in [0.1, 0.15) is 5.75 Å². The summed E-state index contributed by atoms with van der Waals surface area (Å²) in [5, 5.41) is 8.68. The Kier molecular flexibility index (Phi) is 5.58. The summed E-state index contributed by atoms with van der Waals surface area (Å²) >= 11 is 3.40. The van der Waals surface area contributed by atoms with E-state index in [1.54, 1.807) is 18.3 Å². The minimum atomic E-state index is -0.324. The molecule has 144 valence electrons. The van der Waals surface area contributed by atoms with Gasteiger partial charge < -0.3 is 4.74 Å². The second-order valence-electron chi connectivity index (χ2n) is 6.51. The number of fused-ring (bicyclic) bond motifs is 2. The summed E-state index contributed by atoms with van der Waals surface area (Å²) in [4.78, 5) is 12.7. The molecule has 1 N–H and O–H groups in total. The summed E-state index contributed by atoms with van der Waals surface area (Å²) in [5.41, 5.74) is 4.03. The van der Waals surface area contributed by atoms with Gasteiger partial charge in [0.2, 0.25) is 0 Å². The number of carbonyl (C=O) groups is 1. The highest BCUT2D eigenvalue weighted by molar-refractivity contribution is 9.10. The molecule has 0 saturated heterocycles.